The first-order valence-corrected chi connectivity index (χ1v) is 9.76. The van der Waals surface area contributed by atoms with Gasteiger partial charge >= 0.3 is 0 Å². The standard InChI is InChI=1S/C24H22N4O2/c1-16-11-17(2)13-18(12-16)23(29)26-14-22-20-8-3-4-9-21(20)24(30)28(27-22)15-19-7-5-6-10-25-19/h3-13H,14-15H2,1-2H3,(H,26,29). The molecule has 0 aliphatic rings. The second-order valence-electron chi connectivity index (χ2n) is 7.34. The lowest BCUT2D eigenvalue weighted by Crippen LogP contribution is -2.29. The van der Waals surface area contributed by atoms with Crippen molar-refractivity contribution in [3.05, 3.63) is 105 Å². The van der Waals surface area contributed by atoms with Crippen molar-refractivity contribution in [3.63, 3.8) is 0 Å². The number of nitrogens with zero attached hydrogens (tertiary/aromatic N) is 3. The van der Waals surface area contributed by atoms with E-state index < -0.39 is 0 Å². The average molecular weight is 398 g/mol. The van der Waals surface area contributed by atoms with E-state index >= 15 is 0 Å². The van der Waals surface area contributed by atoms with Gasteiger partial charge in [0.15, 0.2) is 0 Å². The summed E-state index contributed by atoms with van der Waals surface area (Å²) < 4.78 is 1.41. The van der Waals surface area contributed by atoms with Crippen LogP contribution in [-0.2, 0) is 13.1 Å². The van der Waals surface area contributed by atoms with E-state index in [-0.39, 0.29) is 24.6 Å². The number of nitrogens with one attached hydrogen (secondary N) is 1. The van der Waals surface area contributed by atoms with Crippen LogP contribution in [0.5, 0.6) is 0 Å². The van der Waals surface area contributed by atoms with Crippen LogP contribution < -0.4 is 10.9 Å². The molecule has 0 saturated carbocycles. The fourth-order valence-electron chi connectivity index (χ4n) is 3.56. The van der Waals surface area contributed by atoms with E-state index in [1.54, 1.807) is 12.3 Å². The van der Waals surface area contributed by atoms with Gasteiger partial charge in [-0.05, 0) is 44.2 Å². The van der Waals surface area contributed by atoms with Crippen molar-refractivity contribution in [2.75, 3.05) is 0 Å². The van der Waals surface area contributed by atoms with Gasteiger partial charge in [-0.3, -0.25) is 14.6 Å². The van der Waals surface area contributed by atoms with E-state index in [0.717, 1.165) is 22.2 Å². The van der Waals surface area contributed by atoms with Crippen molar-refractivity contribution < 1.29 is 4.79 Å². The second kappa shape index (κ2) is 8.29. The van der Waals surface area contributed by atoms with Gasteiger partial charge in [0, 0.05) is 17.1 Å². The molecule has 6 heteroatoms. The lowest BCUT2D eigenvalue weighted by atomic mass is 10.1. The predicted octanol–water partition coefficient (Wildman–Crippen LogP) is 3.39. The van der Waals surface area contributed by atoms with Crippen molar-refractivity contribution in [2.45, 2.75) is 26.9 Å². The molecule has 2 aromatic carbocycles. The molecule has 1 N–H and O–H groups in total. The Balaban J connectivity index is 1.66. The highest BCUT2D eigenvalue weighted by molar-refractivity contribution is 5.94. The Hall–Kier alpha value is -3.80. The molecular formula is C24H22N4O2. The van der Waals surface area contributed by atoms with Crippen LogP contribution in [0.2, 0.25) is 0 Å². The molecule has 2 heterocycles. The summed E-state index contributed by atoms with van der Waals surface area (Å²) >= 11 is 0. The highest BCUT2D eigenvalue weighted by atomic mass is 16.1. The van der Waals surface area contributed by atoms with Crippen LogP contribution in [0, 0.1) is 13.8 Å². The number of aromatic nitrogens is 3. The number of carbonyl (C=O) groups excluding carboxylic acids is 1. The van der Waals surface area contributed by atoms with Gasteiger partial charge in [0.05, 0.1) is 29.9 Å². The fourth-order valence-corrected chi connectivity index (χ4v) is 3.56. The van der Waals surface area contributed by atoms with Gasteiger partial charge in [-0.25, -0.2) is 4.68 Å². The van der Waals surface area contributed by atoms with Gasteiger partial charge in [0.2, 0.25) is 0 Å². The monoisotopic (exact) mass is 398 g/mol. The molecule has 2 aromatic heterocycles. The molecule has 0 aliphatic carbocycles. The first-order chi connectivity index (χ1) is 14.5. The molecule has 4 rings (SSSR count). The zero-order valence-electron chi connectivity index (χ0n) is 16.9. The SMILES string of the molecule is Cc1cc(C)cc(C(=O)NCc2nn(Cc3ccccn3)c(=O)c3ccccc23)c1. The summed E-state index contributed by atoms with van der Waals surface area (Å²) in [5.74, 6) is -0.171. The van der Waals surface area contributed by atoms with E-state index in [0.29, 0.717) is 16.6 Å². The fraction of sp³-hybridized carbons (Fsp3) is 0.167. The third kappa shape index (κ3) is 4.12. The van der Waals surface area contributed by atoms with E-state index in [1.807, 2.05) is 68.4 Å². The van der Waals surface area contributed by atoms with Gasteiger partial charge < -0.3 is 5.32 Å². The summed E-state index contributed by atoms with van der Waals surface area (Å²) in [6.45, 7) is 4.41. The number of rotatable bonds is 5. The first-order valence-electron chi connectivity index (χ1n) is 9.76. The van der Waals surface area contributed by atoms with Crippen LogP contribution >= 0.6 is 0 Å². The molecule has 0 fully saturated rings. The first kappa shape index (κ1) is 19.5. The highest BCUT2D eigenvalue weighted by Crippen LogP contribution is 2.14. The number of fused-ring (bicyclic) bond motifs is 1. The Bertz CT molecular complexity index is 1260. The average Bonchev–Trinajstić information content (AvgIpc) is 2.74. The van der Waals surface area contributed by atoms with Crippen LogP contribution in [0.4, 0.5) is 0 Å². The van der Waals surface area contributed by atoms with E-state index in [1.165, 1.54) is 4.68 Å². The highest BCUT2D eigenvalue weighted by Gasteiger charge is 2.13. The zero-order valence-corrected chi connectivity index (χ0v) is 16.9. The minimum Gasteiger partial charge on any atom is -0.346 e. The lowest BCUT2D eigenvalue weighted by molar-refractivity contribution is 0.0950. The number of hydrogen-bond donors (Lipinski definition) is 1. The number of carbonyl (C=O) groups is 1. The third-order valence-electron chi connectivity index (χ3n) is 4.88. The molecular weight excluding hydrogens is 376 g/mol. The largest absolute Gasteiger partial charge is 0.346 e. The number of aryl methyl sites for hydroxylation is 2. The number of pyridine rings is 1. The van der Waals surface area contributed by atoms with Crippen molar-refractivity contribution in [1.29, 1.82) is 0 Å². The Morgan fingerprint density at radius 1 is 0.967 bits per heavy atom. The van der Waals surface area contributed by atoms with Crippen LogP contribution in [0.3, 0.4) is 0 Å². The van der Waals surface area contributed by atoms with Gasteiger partial charge in [-0.15, -0.1) is 0 Å². The minimum absolute atomic E-state index is 0.171. The molecule has 0 spiro atoms. The summed E-state index contributed by atoms with van der Waals surface area (Å²) in [6, 6.07) is 18.6. The molecule has 0 saturated heterocycles. The smallest absolute Gasteiger partial charge is 0.275 e. The van der Waals surface area contributed by atoms with Crippen LogP contribution in [-0.4, -0.2) is 20.7 Å². The Morgan fingerprint density at radius 3 is 2.37 bits per heavy atom. The van der Waals surface area contributed by atoms with Crippen LogP contribution in [0.25, 0.3) is 10.8 Å². The maximum atomic E-state index is 12.9. The normalized spacial score (nSPS) is 10.9. The maximum absolute atomic E-state index is 12.9. The third-order valence-corrected chi connectivity index (χ3v) is 4.88. The Kier molecular flexibility index (Phi) is 5.39. The van der Waals surface area contributed by atoms with Crippen molar-refractivity contribution in [3.8, 4) is 0 Å². The zero-order chi connectivity index (χ0) is 21.1. The Morgan fingerprint density at radius 2 is 1.67 bits per heavy atom. The van der Waals surface area contributed by atoms with Gasteiger partial charge in [0.25, 0.3) is 11.5 Å². The molecule has 0 bridgehead atoms. The molecule has 0 radical (unpaired) electrons. The van der Waals surface area contributed by atoms with E-state index in [9.17, 15) is 9.59 Å². The maximum Gasteiger partial charge on any atom is 0.275 e. The Labute approximate surface area is 174 Å². The minimum atomic E-state index is -0.180. The molecule has 0 atom stereocenters. The van der Waals surface area contributed by atoms with Gasteiger partial charge in [-0.2, -0.15) is 5.10 Å². The second-order valence-corrected chi connectivity index (χ2v) is 7.34. The van der Waals surface area contributed by atoms with Crippen LogP contribution in [0.15, 0.2) is 71.7 Å². The summed E-state index contributed by atoms with van der Waals surface area (Å²) in [4.78, 5) is 29.9. The van der Waals surface area contributed by atoms with Gasteiger partial charge in [0.1, 0.15) is 0 Å². The number of hydrogen-bond acceptors (Lipinski definition) is 4. The summed E-state index contributed by atoms with van der Waals surface area (Å²) in [5, 5.41) is 8.79. The lowest BCUT2D eigenvalue weighted by Gasteiger charge is -2.12. The van der Waals surface area contributed by atoms with Crippen molar-refractivity contribution in [2.24, 2.45) is 0 Å². The summed E-state index contributed by atoms with van der Waals surface area (Å²) in [5.41, 5.74) is 3.88. The number of benzene rings is 2. The van der Waals surface area contributed by atoms with Crippen LogP contribution in [0.1, 0.15) is 32.9 Å². The van der Waals surface area contributed by atoms with E-state index in [4.69, 9.17) is 0 Å². The molecule has 0 unspecified atom stereocenters. The molecule has 6 nitrogen and oxygen atoms in total. The predicted molar refractivity (Wildman–Crippen MR) is 116 cm³/mol. The summed E-state index contributed by atoms with van der Waals surface area (Å²) in [6.07, 6.45) is 1.69. The quantitative estimate of drug-likeness (QED) is 0.559. The van der Waals surface area contributed by atoms with Gasteiger partial charge in [-0.1, -0.05) is 41.5 Å². The molecule has 30 heavy (non-hydrogen) atoms. The van der Waals surface area contributed by atoms with E-state index in [2.05, 4.69) is 15.4 Å². The molecule has 4 aromatic rings. The molecule has 1 amide bonds. The topological polar surface area (TPSA) is 76.9 Å². The van der Waals surface area contributed by atoms with Crippen molar-refractivity contribution >= 4 is 16.7 Å². The van der Waals surface area contributed by atoms with Crippen molar-refractivity contribution in [1.82, 2.24) is 20.1 Å². The number of amides is 1. The molecule has 0 aliphatic heterocycles. The molecule has 150 valence electrons. The summed E-state index contributed by atoms with van der Waals surface area (Å²) in [7, 11) is 0.